The van der Waals surface area contributed by atoms with Gasteiger partial charge in [-0.15, -0.1) is 0 Å². The lowest BCUT2D eigenvalue weighted by molar-refractivity contribution is -0.134. The van der Waals surface area contributed by atoms with Crippen LogP contribution in [0.2, 0.25) is 0 Å². The first-order chi connectivity index (χ1) is 14.9. The summed E-state index contributed by atoms with van der Waals surface area (Å²) < 4.78 is 22.7. The average Bonchev–Trinajstić information content (AvgIpc) is 3.11. The normalized spacial score (nSPS) is 14.3. The summed E-state index contributed by atoms with van der Waals surface area (Å²) in [6.45, 7) is 6.43. The molecule has 31 heavy (non-hydrogen) atoms. The predicted molar refractivity (Wildman–Crippen MR) is 119 cm³/mol. The van der Waals surface area contributed by atoms with Crippen LogP contribution < -0.4 is 14.2 Å². The fourth-order valence-electron chi connectivity index (χ4n) is 2.78. The molecule has 162 valence electrons. The van der Waals surface area contributed by atoms with Gasteiger partial charge in [0.25, 0.3) is 0 Å². The van der Waals surface area contributed by atoms with Gasteiger partial charge < -0.3 is 18.9 Å². The number of hydrogen-bond donors (Lipinski definition) is 0. The van der Waals surface area contributed by atoms with Crippen LogP contribution in [-0.2, 0) is 14.3 Å². The molecule has 2 aromatic carbocycles. The van der Waals surface area contributed by atoms with Gasteiger partial charge in [0.05, 0.1) is 13.2 Å². The summed E-state index contributed by atoms with van der Waals surface area (Å²) in [5, 5.41) is 0. The van der Waals surface area contributed by atoms with Crippen LogP contribution in [0.4, 0.5) is 0 Å². The number of esters is 2. The molecule has 0 unspecified atom stereocenters. The van der Waals surface area contributed by atoms with Crippen LogP contribution in [0.5, 0.6) is 17.2 Å². The topological polar surface area (TPSA) is 83.4 Å². The second kappa shape index (κ2) is 10.3. The Morgan fingerprint density at radius 2 is 1.74 bits per heavy atom. The zero-order valence-corrected chi connectivity index (χ0v) is 19.0. The number of nitrogens with zero attached hydrogens (tertiary/aromatic N) is 1. The van der Waals surface area contributed by atoms with E-state index in [-0.39, 0.29) is 24.0 Å². The van der Waals surface area contributed by atoms with Crippen molar-refractivity contribution in [3.63, 3.8) is 0 Å². The molecule has 3 rings (SSSR count). The third-order valence-corrected chi connectivity index (χ3v) is 4.68. The van der Waals surface area contributed by atoms with Gasteiger partial charge in [-0.3, -0.25) is 4.79 Å². The summed E-state index contributed by atoms with van der Waals surface area (Å²) in [5.41, 5.74) is 1.19. The van der Waals surface area contributed by atoms with Crippen molar-refractivity contribution in [1.29, 1.82) is 0 Å². The number of rotatable bonds is 8. The van der Waals surface area contributed by atoms with Gasteiger partial charge >= 0.3 is 11.9 Å². The molecule has 1 aliphatic heterocycles. The van der Waals surface area contributed by atoms with Crippen LogP contribution in [-0.4, -0.2) is 31.1 Å². The van der Waals surface area contributed by atoms with Gasteiger partial charge in [-0.05, 0) is 56.3 Å². The van der Waals surface area contributed by atoms with E-state index in [1.165, 1.54) is 6.08 Å². The zero-order chi connectivity index (χ0) is 22.4. The number of hydrogen-bond acceptors (Lipinski definition) is 7. The Morgan fingerprint density at radius 1 is 1.03 bits per heavy atom. The quantitative estimate of drug-likeness (QED) is 0.299. The van der Waals surface area contributed by atoms with E-state index < -0.39 is 5.97 Å². The van der Waals surface area contributed by atoms with E-state index >= 15 is 0 Å². The van der Waals surface area contributed by atoms with Crippen molar-refractivity contribution in [2.24, 2.45) is 4.99 Å². The van der Waals surface area contributed by atoms with Crippen LogP contribution in [0.15, 0.2) is 51.6 Å². The number of carbonyl (C=O) groups is 2. The van der Waals surface area contributed by atoms with Crippen LogP contribution in [0.3, 0.4) is 0 Å². The van der Waals surface area contributed by atoms with Gasteiger partial charge in [-0.1, -0.05) is 22.9 Å². The highest BCUT2D eigenvalue weighted by Gasteiger charge is 2.25. The molecule has 0 N–H and O–H groups in total. The molecule has 0 bridgehead atoms. The number of aliphatic imine (C=N–C) groups is 1. The van der Waals surface area contributed by atoms with E-state index in [1.807, 2.05) is 13.8 Å². The van der Waals surface area contributed by atoms with Gasteiger partial charge in [0.1, 0.15) is 5.75 Å². The summed E-state index contributed by atoms with van der Waals surface area (Å²) in [4.78, 5) is 28.5. The van der Waals surface area contributed by atoms with Gasteiger partial charge in [0.2, 0.25) is 5.90 Å². The average molecular weight is 488 g/mol. The number of benzene rings is 2. The Hall–Kier alpha value is -3.13. The lowest BCUT2D eigenvalue weighted by atomic mass is 10.1. The highest BCUT2D eigenvalue weighted by Crippen LogP contribution is 2.31. The number of cyclic esters (lactones) is 1. The molecule has 0 aliphatic carbocycles. The monoisotopic (exact) mass is 487 g/mol. The molecule has 0 spiro atoms. The second-order valence-electron chi connectivity index (χ2n) is 6.37. The molecule has 0 saturated heterocycles. The highest BCUT2D eigenvalue weighted by atomic mass is 79.9. The van der Waals surface area contributed by atoms with Crippen molar-refractivity contribution in [2.45, 2.75) is 27.2 Å². The standard InChI is InChI=1S/C23H22BrNO6/c1-4-21(26)30-18-10-8-16(24)11-15(18)12-17-23(27)31-22(25-17)14-7-9-19(28-5-2)20(13-14)29-6-3/h7-13H,4-6H2,1-3H3/b17-12-. The molecule has 0 atom stereocenters. The Bertz CT molecular complexity index is 1060. The van der Waals surface area contributed by atoms with Crippen molar-refractivity contribution >= 4 is 39.8 Å². The second-order valence-corrected chi connectivity index (χ2v) is 7.29. The van der Waals surface area contributed by atoms with Crippen molar-refractivity contribution in [1.82, 2.24) is 0 Å². The Labute approximate surface area is 188 Å². The molecule has 0 amide bonds. The van der Waals surface area contributed by atoms with E-state index in [2.05, 4.69) is 20.9 Å². The fraction of sp³-hybridized carbons (Fsp3) is 0.261. The Kier molecular flexibility index (Phi) is 7.46. The molecule has 1 heterocycles. The summed E-state index contributed by atoms with van der Waals surface area (Å²) in [6.07, 6.45) is 1.76. The van der Waals surface area contributed by atoms with Crippen molar-refractivity contribution in [3.8, 4) is 17.2 Å². The number of carbonyl (C=O) groups excluding carboxylic acids is 2. The lowest BCUT2D eigenvalue weighted by Gasteiger charge is -2.11. The summed E-state index contributed by atoms with van der Waals surface area (Å²) in [7, 11) is 0. The van der Waals surface area contributed by atoms with Crippen LogP contribution in [0.25, 0.3) is 6.08 Å². The maximum Gasteiger partial charge on any atom is 0.363 e. The molecule has 0 radical (unpaired) electrons. The van der Waals surface area contributed by atoms with E-state index in [0.29, 0.717) is 41.6 Å². The van der Waals surface area contributed by atoms with E-state index in [9.17, 15) is 9.59 Å². The van der Waals surface area contributed by atoms with E-state index in [1.54, 1.807) is 43.3 Å². The first kappa shape index (κ1) is 22.6. The van der Waals surface area contributed by atoms with Gasteiger partial charge in [0.15, 0.2) is 17.2 Å². The van der Waals surface area contributed by atoms with Crippen LogP contribution >= 0.6 is 15.9 Å². The SMILES string of the molecule is CCOc1ccc(C2=N/C(=C\c3cc(Br)ccc3OC(=O)CC)C(=O)O2)cc1OCC. The zero-order valence-electron chi connectivity index (χ0n) is 17.4. The minimum Gasteiger partial charge on any atom is -0.490 e. The summed E-state index contributed by atoms with van der Waals surface area (Å²) >= 11 is 3.39. The van der Waals surface area contributed by atoms with Gasteiger partial charge in [-0.25, -0.2) is 9.79 Å². The lowest BCUT2D eigenvalue weighted by Crippen LogP contribution is -2.07. The largest absolute Gasteiger partial charge is 0.490 e. The Morgan fingerprint density at radius 3 is 2.45 bits per heavy atom. The number of ether oxygens (including phenoxy) is 4. The molecule has 0 aromatic heterocycles. The highest BCUT2D eigenvalue weighted by molar-refractivity contribution is 9.10. The first-order valence-corrected chi connectivity index (χ1v) is 10.7. The summed E-state index contributed by atoms with van der Waals surface area (Å²) in [5.74, 6) is 0.651. The minimum atomic E-state index is -0.602. The van der Waals surface area contributed by atoms with Gasteiger partial charge in [0, 0.05) is 22.0 Å². The molecule has 2 aromatic rings. The number of halogens is 1. The molecule has 1 aliphatic rings. The van der Waals surface area contributed by atoms with Crippen molar-refractivity contribution < 1.29 is 28.5 Å². The van der Waals surface area contributed by atoms with E-state index in [4.69, 9.17) is 18.9 Å². The molecule has 0 fully saturated rings. The summed E-state index contributed by atoms with van der Waals surface area (Å²) in [6, 6.07) is 10.3. The Balaban J connectivity index is 1.96. The molecule has 8 heteroatoms. The fourth-order valence-corrected chi connectivity index (χ4v) is 3.16. The van der Waals surface area contributed by atoms with Gasteiger partial charge in [-0.2, -0.15) is 0 Å². The third kappa shape index (κ3) is 5.52. The maximum atomic E-state index is 12.4. The van der Waals surface area contributed by atoms with Crippen molar-refractivity contribution in [2.75, 3.05) is 13.2 Å². The van der Waals surface area contributed by atoms with Crippen LogP contribution in [0.1, 0.15) is 38.3 Å². The molecule has 0 saturated carbocycles. The van der Waals surface area contributed by atoms with Crippen molar-refractivity contribution in [3.05, 3.63) is 57.7 Å². The maximum absolute atomic E-state index is 12.4. The molecule has 7 nitrogen and oxygen atoms in total. The van der Waals surface area contributed by atoms with E-state index in [0.717, 1.165) is 4.47 Å². The smallest absolute Gasteiger partial charge is 0.363 e. The third-order valence-electron chi connectivity index (χ3n) is 4.19. The minimum absolute atomic E-state index is 0.0914. The molecular formula is C23H22BrNO6. The predicted octanol–water partition coefficient (Wildman–Crippen LogP) is 4.91. The first-order valence-electron chi connectivity index (χ1n) is 9.87. The van der Waals surface area contributed by atoms with Crippen LogP contribution in [0, 0.1) is 0 Å². The molecular weight excluding hydrogens is 466 g/mol.